The second-order valence-corrected chi connectivity index (χ2v) is 7.77. The molecule has 0 atom stereocenters. The number of hydrogen-bond donors (Lipinski definition) is 0. The molecule has 4 heteroatoms. The molecule has 5 aromatic rings. The monoisotopic (exact) mass is 412 g/mol. The minimum absolute atomic E-state index is 0.576. The van der Waals surface area contributed by atoms with Gasteiger partial charge >= 0.3 is 0 Å². The van der Waals surface area contributed by atoms with Crippen LogP contribution in [0.2, 0.25) is 5.02 Å². The molecule has 0 saturated carbocycles. The predicted molar refractivity (Wildman–Crippen MR) is 123 cm³/mol. The lowest BCUT2D eigenvalue weighted by atomic mass is 10.1. The van der Waals surface area contributed by atoms with Gasteiger partial charge in [-0.05, 0) is 52.7 Å². The van der Waals surface area contributed by atoms with Crippen LogP contribution < -0.4 is 4.74 Å². The Bertz CT molecular complexity index is 1310. The van der Waals surface area contributed by atoms with E-state index in [1.165, 1.54) is 16.3 Å². The van der Waals surface area contributed by atoms with Gasteiger partial charge in [0.25, 0.3) is 0 Å². The molecule has 0 N–H and O–H groups in total. The first kappa shape index (κ1) is 18.7. The number of benzene rings is 4. The van der Waals surface area contributed by atoms with Crippen molar-refractivity contribution in [3.8, 4) is 5.75 Å². The molecular formula is C26H21ClN2O. The van der Waals surface area contributed by atoms with Crippen molar-refractivity contribution in [2.24, 2.45) is 0 Å². The van der Waals surface area contributed by atoms with E-state index in [1.54, 1.807) is 0 Å². The third kappa shape index (κ3) is 3.89. The number of aromatic nitrogens is 2. The van der Waals surface area contributed by atoms with E-state index in [2.05, 4.69) is 65.2 Å². The molecule has 0 unspecified atom stereocenters. The zero-order valence-electron chi connectivity index (χ0n) is 16.5. The molecule has 0 aliphatic carbocycles. The number of rotatable bonds is 6. The Hall–Kier alpha value is -3.30. The van der Waals surface area contributed by atoms with E-state index in [9.17, 15) is 0 Å². The molecule has 0 fully saturated rings. The summed E-state index contributed by atoms with van der Waals surface area (Å²) in [6, 6.07) is 30.7. The third-order valence-electron chi connectivity index (χ3n) is 5.31. The van der Waals surface area contributed by atoms with E-state index in [-0.39, 0.29) is 0 Å². The molecule has 5 rings (SSSR count). The van der Waals surface area contributed by atoms with Crippen LogP contribution in [0.3, 0.4) is 0 Å². The Morgan fingerprint density at radius 1 is 0.800 bits per heavy atom. The maximum atomic E-state index is 6.09. The van der Waals surface area contributed by atoms with Crippen molar-refractivity contribution < 1.29 is 4.74 Å². The highest BCUT2D eigenvalue weighted by Gasteiger charge is 2.11. The molecule has 0 amide bonds. The summed E-state index contributed by atoms with van der Waals surface area (Å²) in [6.45, 7) is 1.31. The number of hydrogen-bond acceptors (Lipinski definition) is 2. The number of nitrogens with zero attached hydrogens (tertiary/aromatic N) is 2. The van der Waals surface area contributed by atoms with Gasteiger partial charge in [-0.1, -0.05) is 66.2 Å². The molecule has 1 aromatic heterocycles. The fraction of sp³-hybridized carbons (Fsp3) is 0.115. The van der Waals surface area contributed by atoms with E-state index in [1.807, 2.05) is 30.3 Å². The minimum atomic E-state index is 0.576. The normalized spacial score (nSPS) is 11.2. The van der Waals surface area contributed by atoms with E-state index in [0.717, 1.165) is 40.6 Å². The van der Waals surface area contributed by atoms with Gasteiger partial charge in [0.15, 0.2) is 0 Å². The average Bonchev–Trinajstić information content (AvgIpc) is 3.12. The molecule has 0 bridgehead atoms. The second-order valence-electron chi connectivity index (χ2n) is 7.33. The molecular weight excluding hydrogens is 392 g/mol. The zero-order chi connectivity index (χ0) is 20.3. The van der Waals surface area contributed by atoms with Crippen molar-refractivity contribution in [3.63, 3.8) is 0 Å². The molecule has 148 valence electrons. The van der Waals surface area contributed by atoms with Crippen LogP contribution in [-0.4, -0.2) is 16.2 Å². The topological polar surface area (TPSA) is 27.1 Å². The molecule has 3 nitrogen and oxygen atoms in total. The summed E-state index contributed by atoms with van der Waals surface area (Å²) in [5.41, 5.74) is 3.32. The maximum Gasteiger partial charge on any atom is 0.120 e. The van der Waals surface area contributed by atoms with Crippen LogP contribution in [-0.2, 0) is 13.0 Å². The number of fused-ring (bicyclic) bond motifs is 2. The van der Waals surface area contributed by atoms with Crippen LogP contribution in [0, 0.1) is 0 Å². The quantitative estimate of drug-likeness (QED) is 0.317. The van der Waals surface area contributed by atoms with Gasteiger partial charge < -0.3 is 9.30 Å². The van der Waals surface area contributed by atoms with Crippen molar-refractivity contribution in [1.29, 1.82) is 0 Å². The first-order chi connectivity index (χ1) is 14.8. The Balaban J connectivity index is 1.37. The molecule has 0 saturated heterocycles. The fourth-order valence-electron chi connectivity index (χ4n) is 3.81. The van der Waals surface area contributed by atoms with Crippen molar-refractivity contribution in [3.05, 3.63) is 107 Å². The lowest BCUT2D eigenvalue weighted by molar-refractivity contribution is 0.299. The second kappa shape index (κ2) is 8.21. The highest BCUT2D eigenvalue weighted by Crippen LogP contribution is 2.22. The first-order valence-corrected chi connectivity index (χ1v) is 10.4. The van der Waals surface area contributed by atoms with E-state index in [4.69, 9.17) is 21.3 Å². The highest BCUT2D eigenvalue weighted by molar-refractivity contribution is 6.30. The van der Waals surface area contributed by atoms with Crippen LogP contribution >= 0.6 is 11.6 Å². The number of ether oxygens (including phenoxy) is 1. The van der Waals surface area contributed by atoms with Gasteiger partial charge in [0.1, 0.15) is 18.2 Å². The zero-order valence-corrected chi connectivity index (χ0v) is 17.2. The van der Waals surface area contributed by atoms with Crippen LogP contribution in [0.1, 0.15) is 11.4 Å². The summed E-state index contributed by atoms with van der Waals surface area (Å²) in [6.07, 6.45) is 0.752. The smallest absolute Gasteiger partial charge is 0.120 e. The summed E-state index contributed by atoms with van der Waals surface area (Å²) < 4.78 is 8.35. The van der Waals surface area contributed by atoms with Gasteiger partial charge in [-0.3, -0.25) is 0 Å². The van der Waals surface area contributed by atoms with E-state index in [0.29, 0.717) is 6.61 Å². The standard InChI is InChI=1S/C26H21ClN2O/c27-22-12-9-19(10-13-22)17-26-28-24-7-3-4-8-25(24)29(26)15-16-30-23-14-11-20-5-1-2-6-21(20)18-23/h1-14,18H,15-17H2. The fourth-order valence-corrected chi connectivity index (χ4v) is 3.93. The number of para-hydroxylation sites is 2. The predicted octanol–water partition coefficient (Wildman–Crippen LogP) is 6.51. The summed E-state index contributed by atoms with van der Waals surface area (Å²) in [7, 11) is 0. The van der Waals surface area contributed by atoms with Gasteiger partial charge in [0.05, 0.1) is 17.6 Å². The molecule has 0 aliphatic rings. The van der Waals surface area contributed by atoms with Crippen molar-refractivity contribution in [2.45, 2.75) is 13.0 Å². The van der Waals surface area contributed by atoms with Gasteiger partial charge in [-0.15, -0.1) is 0 Å². The number of imidazole rings is 1. The summed E-state index contributed by atoms with van der Waals surface area (Å²) in [4.78, 5) is 4.87. The van der Waals surface area contributed by atoms with Crippen molar-refractivity contribution in [2.75, 3.05) is 6.61 Å². The Labute approximate surface area is 180 Å². The minimum Gasteiger partial charge on any atom is -0.492 e. The lowest BCUT2D eigenvalue weighted by Crippen LogP contribution is -2.11. The lowest BCUT2D eigenvalue weighted by Gasteiger charge is -2.12. The van der Waals surface area contributed by atoms with Crippen LogP contribution in [0.4, 0.5) is 0 Å². The summed E-state index contributed by atoms with van der Waals surface area (Å²) >= 11 is 6.04. The van der Waals surface area contributed by atoms with Gasteiger partial charge in [0.2, 0.25) is 0 Å². The Morgan fingerprint density at radius 2 is 1.57 bits per heavy atom. The molecule has 4 aromatic carbocycles. The van der Waals surface area contributed by atoms with E-state index < -0.39 is 0 Å². The summed E-state index contributed by atoms with van der Waals surface area (Å²) in [5, 5.41) is 3.15. The van der Waals surface area contributed by atoms with Crippen molar-refractivity contribution in [1.82, 2.24) is 9.55 Å². The SMILES string of the molecule is Clc1ccc(Cc2nc3ccccc3n2CCOc2ccc3ccccc3c2)cc1. The highest BCUT2D eigenvalue weighted by atomic mass is 35.5. The Morgan fingerprint density at radius 3 is 2.43 bits per heavy atom. The summed E-state index contributed by atoms with van der Waals surface area (Å²) in [5.74, 6) is 1.91. The van der Waals surface area contributed by atoms with Gasteiger partial charge in [-0.2, -0.15) is 0 Å². The van der Waals surface area contributed by atoms with Crippen molar-refractivity contribution >= 4 is 33.4 Å². The van der Waals surface area contributed by atoms with Gasteiger partial charge in [0, 0.05) is 11.4 Å². The largest absolute Gasteiger partial charge is 0.492 e. The molecule has 0 spiro atoms. The average molecular weight is 413 g/mol. The first-order valence-electron chi connectivity index (χ1n) is 10.1. The number of halogens is 1. The third-order valence-corrected chi connectivity index (χ3v) is 5.57. The van der Waals surface area contributed by atoms with Crippen LogP contribution in [0.15, 0.2) is 91.0 Å². The van der Waals surface area contributed by atoms with E-state index >= 15 is 0 Å². The Kier molecular flexibility index (Phi) is 5.12. The molecule has 0 radical (unpaired) electrons. The molecule has 0 aliphatic heterocycles. The molecule has 1 heterocycles. The van der Waals surface area contributed by atoms with Crippen LogP contribution in [0.5, 0.6) is 5.75 Å². The maximum absolute atomic E-state index is 6.09. The van der Waals surface area contributed by atoms with Gasteiger partial charge in [-0.25, -0.2) is 4.98 Å². The van der Waals surface area contributed by atoms with Crippen LogP contribution in [0.25, 0.3) is 21.8 Å². The molecule has 30 heavy (non-hydrogen) atoms.